The van der Waals surface area contributed by atoms with E-state index in [-0.39, 0.29) is 23.2 Å². The molecule has 4 nitrogen and oxygen atoms in total. The molecular formula is C26H28BrNO3. The van der Waals surface area contributed by atoms with Crippen LogP contribution in [0.1, 0.15) is 48.3 Å². The first-order valence-corrected chi connectivity index (χ1v) is 12.5. The molecule has 2 bridgehead atoms. The molecule has 0 amide bonds. The highest BCUT2D eigenvalue weighted by molar-refractivity contribution is 9.10. The highest BCUT2D eigenvalue weighted by Crippen LogP contribution is 2.65. The van der Waals surface area contributed by atoms with Gasteiger partial charge in [-0.15, -0.1) is 0 Å². The van der Waals surface area contributed by atoms with E-state index in [1.807, 2.05) is 0 Å². The number of piperidine rings is 1. The van der Waals surface area contributed by atoms with Crippen LogP contribution in [0.5, 0.6) is 11.5 Å². The van der Waals surface area contributed by atoms with Gasteiger partial charge in [0.25, 0.3) is 0 Å². The van der Waals surface area contributed by atoms with Gasteiger partial charge in [0.2, 0.25) is 0 Å². The lowest BCUT2D eigenvalue weighted by molar-refractivity contribution is -0.114. The number of aromatic hydroxyl groups is 1. The van der Waals surface area contributed by atoms with E-state index in [2.05, 4.69) is 51.2 Å². The Morgan fingerprint density at radius 1 is 1.13 bits per heavy atom. The second-order valence-electron chi connectivity index (χ2n) is 10.5. The van der Waals surface area contributed by atoms with Crippen molar-refractivity contribution < 1.29 is 14.9 Å². The molecule has 2 aromatic carbocycles. The Balaban J connectivity index is 1.37. The third-order valence-corrected chi connectivity index (χ3v) is 9.52. The van der Waals surface area contributed by atoms with Crippen molar-refractivity contribution in [3.8, 4) is 11.5 Å². The van der Waals surface area contributed by atoms with Gasteiger partial charge in [0.1, 0.15) is 6.10 Å². The van der Waals surface area contributed by atoms with Gasteiger partial charge in [0.05, 0.1) is 6.10 Å². The molecule has 2 aliphatic heterocycles. The molecule has 162 valence electrons. The minimum Gasteiger partial charge on any atom is -0.504 e. The summed E-state index contributed by atoms with van der Waals surface area (Å²) >= 11 is 3.54. The van der Waals surface area contributed by atoms with Crippen LogP contribution >= 0.6 is 15.9 Å². The topological polar surface area (TPSA) is 52.9 Å². The van der Waals surface area contributed by atoms with E-state index in [0.717, 1.165) is 36.2 Å². The Labute approximate surface area is 191 Å². The lowest BCUT2D eigenvalue weighted by atomic mass is 9.49. The average Bonchev–Trinajstić information content (AvgIpc) is 3.51. The minimum absolute atomic E-state index is 0.0533. The van der Waals surface area contributed by atoms with Crippen LogP contribution in [0.2, 0.25) is 0 Å². The van der Waals surface area contributed by atoms with Crippen LogP contribution in [0.15, 0.2) is 40.9 Å². The highest BCUT2D eigenvalue weighted by atomic mass is 79.9. The van der Waals surface area contributed by atoms with Gasteiger partial charge in [0.15, 0.2) is 11.5 Å². The molecule has 3 fully saturated rings. The van der Waals surface area contributed by atoms with Crippen molar-refractivity contribution in [3.63, 3.8) is 0 Å². The molecule has 0 aromatic heterocycles. The van der Waals surface area contributed by atoms with Crippen LogP contribution in [0.3, 0.4) is 0 Å². The van der Waals surface area contributed by atoms with Gasteiger partial charge in [-0.1, -0.05) is 34.1 Å². The maximum absolute atomic E-state index is 11.7. The predicted molar refractivity (Wildman–Crippen MR) is 122 cm³/mol. The van der Waals surface area contributed by atoms with Crippen molar-refractivity contribution in [2.75, 3.05) is 13.1 Å². The molecule has 2 aromatic rings. The van der Waals surface area contributed by atoms with Gasteiger partial charge >= 0.3 is 0 Å². The predicted octanol–water partition coefficient (Wildman–Crippen LogP) is 4.36. The third kappa shape index (κ3) is 2.54. The first-order chi connectivity index (χ1) is 15.1. The van der Waals surface area contributed by atoms with Crippen molar-refractivity contribution in [2.24, 2.45) is 11.8 Å². The zero-order valence-corrected chi connectivity index (χ0v) is 19.1. The van der Waals surface area contributed by atoms with Gasteiger partial charge < -0.3 is 14.9 Å². The highest BCUT2D eigenvalue weighted by Gasteiger charge is 2.67. The Hall–Kier alpha value is -1.56. The summed E-state index contributed by atoms with van der Waals surface area (Å²) in [4.78, 5) is 2.76. The molecule has 1 spiro atoms. The summed E-state index contributed by atoms with van der Waals surface area (Å²) in [5.41, 5.74) is 3.56. The zero-order chi connectivity index (χ0) is 20.9. The smallest absolute Gasteiger partial charge is 0.165 e. The largest absolute Gasteiger partial charge is 0.504 e. The lowest BCUT2D eigenvalue weighted by Gasteiger charge is -2.60. The summed E-state index contributed by atoms with van der Waals surface area (Å²) in [6.07, 6.45) is 4.90. The van der Waals surface area contributed by atoms with Crippen molar-refractivity contribution in [1.82, 2.24) is 4.90 Å². The number of ether oxygens (including phenoxy) is 1. The number of rotatable bonds is 3. The van der Waals surface area contributed by atoms with Crippen LogP contribution in [-0.2, 0) is 11.8 Å². The SMILES string of the molecule is Oc1ccc2c3c1O[C@H]1[C@@H](O)[C@@H](c4ccc(Br)cc4)CC4[C@@H](C2)N(CC2CC2)CC[C@@]341. The van der Waals surface area contributed by atoms with Crippen molar-refractivity contribution in [2.45, 2.75) is 61.7 Å². The Kier molecular flexibility index (Phi) is 3.97. The molecule has 3 aliphatic carbocycles. The van der Waals surface area contributed by atoms with Crippen LogP contribution in [0, 0.1) is 11.8 Å². The van der Waals surface area contributed by atoms with Crippen LogP contribution < -0.4 is 4.74 Å². The van der Waals surface area contributed by atoms with E-state index in [1.54, 1.807) is 6.07 Å². The molecule has 2 N–H and O–H groups in total. The summed E-state index contributed by atoms with van der Waals surface area (Å²) in [5, 5.41) is 22.3. The van der Waals surface area contributed by atoms with Gasteiger partial charge in [-0.05, 0) is 79.8 Å². The number of likely N-dealkylation sites (tertiary alicyclic amines) is 1. The van der Waals surface area contributed by atoms with E-state index < -0.39 is 6.10 Å². The van der Waals surface area contributed by atoms with Crippen LogP contribution in [0.4, 0.5) is 0 Å². The maximum Gasteiger partial charge on any atom is 0.165 e. The average molecular weight is 482 g/mol. The number of hydrogen-bond donors (Lipinski definition) is 2. The molecule has 2 heterocycles. The lowest BCUT2D eigenvalue weighted by Crippen LogP contribution is -2.68. The quantitative estimate of drug-likeness (QED) is 0.683. The Morgan fingerprint density at radius 3 is 2.71 bits per heavy atom. The van der Waals surface area contributed by atoms with E-state index in [1.165, 1.54) is 36.1 Å². The molecular weight excluding hydrogens is 454 g/mol. The fraction of sp³-hybridized carbons (Fsp3) is 0.538. The normalized spacial score (nSPS) is 37.9. The number of halogens is 1. The summed E-state index contributed by atoms with van der Waals surface area (Å²) in [5.74, 6) is 2.25. The van der Waals surface area contributed by atoms with Crippen LogP contribution in [-0.4, -0.2) is 46.5 Å². The Bertz CT molecular complexity index is 1050. The monoisotopic (exact) mass is 481 g/mol. The second-order valence-corrected chi connectivity index (χ2v) is 11.4. The summed E-state index contributed by atoms with van der Waals surface area (Å²) in [7, 11) is 0. The summed E-state index contributed by atoms with van der Waals surface area (Å²) < 4.78 is 7.56. The fourth-order valence-corrected chi connectivity index (χ4v) is 7.76. The number of phenolic OH excluding ortho intramolecular Hbond substituents is 1. The van der Waals surface area contributed by atoms with E-state index in [0.29, 0.717) is 17.7 Å². The number of aliphatic hydroxyl groups is 1. The molecule has 2 saturated carbocycles. The molecule has 31 heavy (non-hydrogen) atoms. The van der Waals surface area contributed by atoms with Crippen molar-refractivity contribution in [1.29, 1.82) is 0 Å². The van der Waals surface area contributed by atoms with E-state index in [9.17, 15) is 10.2 Å². The van der Waals surface area contributed by atoms with Gasteiger partial charge in [-0.25, -0.2) is 0 Å². The first kappa shape index (κ1) is 19.0. The first-order valence-electron chi connectivity index (χ1n) is 11.8. The number of nitrogens with zero attached hydrogens (tertiary/aromatic N) is 1. The second kappa shape index (κ2) is 6.49. The summed E-state index contributed by atoms with van der Waals surface area (Å²) in [6.45, 7) is 2.29. The minimum atomic E-state index is -0.578. The molecule has 5 heteroatoms. The Morgan fingerprint density at radius 2 is 1.94 bits per heavy atom. The van der Waals surface area contributed by atoms with Crippen molar-refractivity contribution in [3.05, 3.63) is 57.6 Å². The van der Waals surface area contributed by atoms with E-state index in [4.69, 9.17) is 4.74 Å². The zero-order valence-electron chi connectivity index (χ0n) is 17.5. The number of aliphatic hydroxyl groups excluding tert-OH is 1. The van der Waals surface area contributed by atoms with Gasteiger partial charge in [-0.2, -0.15) is 0 Å². The molecule has 1 saturated heterocycles. The van der Waals surface area contributed by atoms with Crippen LogP contribution in [0.25, 0.3) is 0 Å². The van der Waals surface area contributed by atoms with Crippen molar-refractivity contribution >= 4 is 15.9 Å². The molecule has 0 radical (unpaired) electrons. The number of phenols is 1. The molecule has 5 aliphatic rings. The molecule has 6 atom stereocenters. The molecule has 1 unspecified atom stereocenters. The maximum atomic E-state index is 11.7. The third-order valence-electron chi connectivity index (χ3n) is 9.00. The fourth-order valence-electron chi connectivity index (χ4n) is 7.49. The number of benzene rings is 2. The molecule has 7 rings (SSSR count). The standard InChI is InChI=1S/C26H28BrNO3/c27-17-6-3-15(4-7-17)18-12-19-20-11-16-5-8-21(29)24-22(16)26(19,25(31-24)23(18)30)9-10-28(20)13-14-1-2-14/h3-8,14,18-20,23,25,29-30H,1-2,9-13H2/t18-,19?,20-,23+,25+,26+/m1/s1. The summed E-state index contributed by atoms with van der Waals surface area (Å²) in [6, 6.07) is 12.8. The van der Waals surface area contributed by atoms with E-state index >= 15 is 0 Å². The van der Waals surface area contributed by atoms with Gasteiger partial charge in [-0.3, -0.25) is 4.90 Å². The van der Waals surface area contributed by atoms with Gasteiger partial charge in [0, 0.05) is 34.0 Å². The number of hydrogen-bond acceptors (Lipinski definition) is 4.